The van der Waals surface area contributed by atoms with Gasteiger partial charge in [-0.25, -0.2) is 0 Å². The van der Waals surface area contributed by atoms with Crippen molar-refractivity contribution in [1.82, 2.24) is 4.98 Å². The third kappa shape index (κ3) is 2.97. The Morgan fingerprint density at radius 3 is 3.00 bits per heavy atom. The van der Waals surface area contributed by atoms with Crippen LogP contribution in [0.4, 0.5) is 0 Å². The summed E-state index contributed by atoms with van der Waals surface area (Å²) in [4.78, 5) is 3.94. The Bertz CT molecular complexity index is 241. The van der Waals surface area contributed by atoms with Gasteiger partial charge in [-0.2, -0.15) is 4.98 Å². The van der Waals surface area contributed by atoms with E-state index in [1.165, 1.54) is 11.3 Å². The number of rotatable bonds is 4. The lowest BCUT2D eigenvalue weighted by Gasteiger charge is -2.09. The minimum Gasteiger partial charge on any atom is -0.465 e. The van der Waals surface area contributed by atoms with E-state index >= 15 is 0 Å². The van der Waals surface area contributed by atoms with Gasteiger partial charge < -0.3 is 9.47 Å². The van der Waals surface area contributed by atoms with Crippen LogP contribution in [0.2, 0.25) is 5.15 Å². The fraction of sp³-hybridized carbons (Fsp3) is 0.571. The highest BCUT2D eigenvalue weighted by Gasteiger charge is 2.06. The van der Waals surface area contributed by atoms with Gasteiger partial charge in [-0.15, -0.1) is 0 Å². The Balaban J connectivity index is 2.41. The molecular weight excluding hydrogens is 198 g/mol. The zero-order valence-electron chi connectivity index (χ0n) is 6.91. The molecule has 0 aliphatic carbocycles. The first kappa shape index (κ1) is 9.77. The number of methoxy groups -OCH3 is 1. The van der Waals surface area contributed by atoms with Crippen LogP contribution in [0.3, 0.4) is 0 Å². The summed E-state index contributed by atoms with van der Waals surface area (Å²) in [7, 11) is 1.63. The molecule has 0 amide bonds. The van der Waals surface area contributed by atoms with E-state index in [0.29, 0.717) is 17.0 Å². The maximum Gasteiger partial charge on any atom is 0.274 e. The van der Waals surface area contributed by atoms with Crippen LogP contribution >= 0.6 is 22.9 Å². The summed E-state index contributed by atoms with van der Waals surface area (Å²) >= 11 is 6.99. The molecule has 68 valence electrons. The molecule has 1 atom stereocenters. The molecule has 0 radical (unpaired) electrons. The van der Waals surface area contributed by atoms with Gasteiger partial charge in [0.2, 0.25) is 0 Å². The summed E-state index contributed by atoms with van der Waals surface area (Å²) in [6.07, 6.45) is 0.0113. The van der Waals surface area contributed by atoms with E-state index in [-0.39, 0.29) is 6.10 Å². The molecule has 0 aromatic carbocycles. The van der Waals surface area contributed by atoms with Gasteiger partial charge in [-0.05, 0) is 6.92 Å². The van der Waals surface area contributed by atoms with Crippen molar-refractivity contribution in [3.8, 4) is 5.19 Å². The van der Waals surface area contributed by atoms with Crippen LogP contribution < -0.4 is 4.74 Å². The number of hydrogen-bond acceptors (Lipinski definition) is 4. The first-order chi connectivity index (χ1) is 5.72. The van der Waals surface area contributed by atoms with Crippen molar-refractivity contribution in [2.45, 2.75) is 13.0 Å². The third-order valence-electron chi connectivity index (χ3n) is 1.16. The quantitative estimate of drug-likeness (QED) is 0.759. The van der Waals surface area contributed by atoms with E-state index in [1.807, 2.05) is 6.92 Å². The molecule has 1 aromatic heterocycles. The van der Waals surface area contributed by atoms with Crippen LogP contribution in [0, 0.1) is 0 Å². The second-order valence-electron chi connectivity index (χ2n) is 2.32. The molecule has 12 heavy (non-hydrogen) atoms. The topological polar surface area (TPSA) is 31.4 Å². The van der Waals surface area contributed by atoms with Crippen LogP contribution in [0.25, 0.3) is 0 Å². The van der Waals surface area contributed by atoms with E-state index in [4.69, 9.17) is 21.1 Å². The molecule has 1 aromatic rings. The monoisotopic (exact) mass is 207 g/mol. The maximum absolute atomic E-state index is 5.61. The standard InChI is InChI=1S/C7H10ClNO2S/c1-5(3-10-2)11-7-9-6(8)4-12-7/h4-5H,3H2,1-2H3. The Morgan fingerprint density at radius 2 is 2.50 bits per heavy atom. The lowest BCUT2D eigenvalue weighted by molar-refractivity contribution is 0.0919. The highest BCUT2D eigenvalue weighted by atomic mass is 35.5. The van der Waals surface area contributed by atoms with Crippen molar-refractivity contribution in [2.24, 2.45) is 0 Å². The molecule has 0 spiro atoms. The molecule has 0 saturated carbocycles. The molecule has 0 aliphatic rings. The van der Waals surface area contributed by atoms with Gasteiger partial charge in [0, 0.05) is 12.5 Å². The van der Waals surface area contributed by atoms with Gasteiger partial charge in [-0.1, -0.05) is 22.9 Å². The fourth-order valence-corrected chi connectivity index (χ4v) is 1.62. The summed E-state index contributed by atoms with van der Waals surface area (Å²) in [5, 5.41) is 2.79. The number of hydrogen-bond donors (Lipinski definition) is 0. The minimum atomic E-state index is 0.0113. The summed E-state index contributed by atoms with van der Waals surface area (Å²) in [5.41, 5.74) is 0. The van der Waals surface area contributed by atoms with Gasteiger partial charge in [0.15, 0.2) is 0 Å². The second kappa shape index (κ2) is 4.64. The van der Waals surface area contributed by atoms with Crippen LogP contribution in [0.15, 0.2) is 5.38 Å². The van der Waals surface area contributed by atoms with Crippen molar-refractivity contribution in [3.05, 3.63) is 10.5 Å². The van der Waals surface area contributed by atoms with Crippen molar-refractivity contribution in [3.63, 3.8) is 0 Å². The Morgan fingerprint density at radius 1 is 1.75 bits per heavy atom. The maximum atomic E-state index is 5.61. The normalized spacial score (nSPS) is 12.9. The zero-order valence-corrected chi connectivity index (χ0v) is 8.48. The molecular formula is C7H10ClNO2S. The summed E-state index contributed by atoms with van der Waals surface area (Å²) in [6.45, 7) is 2.47. The Hall–Kier alpha value is -0.320. The lowest BCUT2D eigenvalue weighted by atomic mass is 10.4. The SMILES string of the molecule is COCC(C)Oc1nc(Cl)cs1. The summed E-state index contributed by atoms with van der Waals surface area (Å²) in [5.74, 6) is 0. The Labute approximate surface area is 80.3 Å². The third-order valence-corrected chi connectivity index (χ3v) is 2.21. The molecule has 0 saturated heterocycles. The van der Waals surface area contributed by atoms with Crippen molar-refractivity contribution < 1.29 is 9.47 Å². The van der Waals surface area contributed by atoms with Gasteiger partial charge in [-0.3, -0.25) is 0 Å². The molecule has 5 heteroatoms. The summed E-state index contributed by atoms with van der Waals surface area (Å²) in [6, 6.07) is 0. The van der Waals surface area contributed by atoms with E-state index in [0.717, 1.165) is 0 Å². The van der Waals surface area contributed by atoms with Gasteiger partial charge >= 0.3 is 0 Å². The number of thiazole rings is 1. The first-order valence-corrected chi connectivity index (χ1v) is 4.74. The lowest BCUT2D eigenvalue weighted by Crippen LogP contribution is -2.17. The molecule has 0 N–H and O–H groups in total. The van der Waals surface area contributed by atoms with Crippen LogP contribution in [-0.2, 0) is 4.74 Å². The highest BCUT2D eigenvalue weighted by Crippen LogP contribution is 2.22. The Kier molecular flexibility index (Phi) is 3.78. The number of nitrogens with zero attached hydrogens (tertiary/aromatic N) is 1. The van der Waals surface area contributed by atoms with Crippen LogP contribution in [0.1, 0.15) is 6.92 Å². The van der Waals surface area contributed by atoms with Crippen molar-refractivity contribution in [2.75, 3.05) is 13.7 Å². The molecule has 1 rings (SSSR count). The fourth-order valence-electron chi connectivity index (χ4n) is 0.734. The van der Waals surface area contributed by atoms with Gasteiger partial charge in [0.05, 0.1) is 6.61 Å². The predicted octanol–water partition coefficient (Wildman–Crippen LogP) is 2.21. The molecule has 3 nitrogen and oxygen atoms in total. The predicted molar refractivity (Wildman–Crippen MR) is 49.1 cm³/mol. The van der Waals surface area contributed by atoms with Crippen LogP contribution in [0.5, 0.6) is 5.19 Å². The van der Waals surface area contributed by atoms with E-state index in [9.17, 15) is 0 Å². The average Bonchev–Trinajstić information content (AvgIpc) is 2.36. The van der Waals surface area contributed by atoms with Crippen molar-refractivity contribution >= 4 is 22.9 Å². The largest absolute Gasteiger partial charge is 0.465 e. The molecule has 0 fully saturated rings. The summed E-state index contributed by atoms with van der Waals surface area (Å²) < 4.78 is 10.3. The smallest absolute Gasteiger partial charge is 0.274 e. The highest BCUT2D eigenvalue weighted by molar-refractivity contribution is 7.11. The van der Waals surface area contributed by atoms with Gasteiger partial charge in [0.1, 0.15) is 11.3 Å². The number of halogens is 1. The van der Waals surface area contributed by atoms with E-state index in [2.05, 4.69) is 4.98 Å². The molecule has 1 heterocycles. The first-order valence-electron chi connectivity index (χ1n) is 3.49. The van der Waals surface area contributed by atoms with Crippen LogP contribution in [-0.4, -0.2) is 24.8 Å². The molecule has 0 aliphatic heterocycles. The average molecular weight is 208 g/mol. The minimum absolute atomic E-state index is 0.0113. The number of aromatic nitrogens is 1. The second-order valence-corrected chi connectivity index (χ2v) is 3.53. The zero-order chi connectivity index (χ0) is 8.97. The van der Waals surface area contributed by atoms with E-state index in [1.54, 1.807) is 12.5 Å². The van der Waals surface area contributed by atoms with Crippen molar-refractivity contribution in [1.29, 1.82) is 0 Å². The molecule has 0 bridgehead atoms. The van der Waals surface area contributed by atoms with Gasteiger partial charge in [0.25, 0.3) is 5.19 Å². The molecule has 1 unspecified atom stereocenters. The number of ether oxygens (including phenoxy) is 2. The van der Waals surface area contributed by atoms with E-state index < -0.39 is 0 Å².